The van der Waals surface area contributed by atoms with E-state index in [0.717, 1.165) is 29.5 Å². The van der Waals surface area contributed by atoms with Gasteiger partial charge < -0.3 is 20.5 Å². The molecule has 3 aromatic rings. The number of hydrogen-bond donors (Lipinski definition) is 2. The van der Waals surface area contributed by atoms with Crippen LogP contribution in [0.2, 0.25) is 0 Å². The van der Waals surface area contributed by atoms with Gasteiger partial charge in [-0.15, -0.1) is 0 Å². The maximum Gasteiger partial charge on any atom is 0.340 e. The van der Waals surface area contributed by atoms with Crippen molar-refractivity contribution in [3.05, 3.63) is 47.4 Å². The first kappa shape index (κ1) is 27.3. The van der Waals surface area contributed by atoms with Crippen LogP contribution in [0, 0.1) is 0 Å². The number of esters is 1. The Morgan fingerprint density at radius 3 is 2.64 bits per heavy atom. The summed E-state index contributed by atoms with van der Waals surface area (Å²) in [5.41, 5.74) is 7.93. The lowest BCUT2D eigenvalue weighted by Gasteiger charge is -2.30. The molecule has 0 radical (unpaired) electrons. The van der Waals surface area contributed by atoms with E-state index in [4.69, 9.17) is 20.2 Å². The van der Waals surface area contributed by atoms with Crippen LogP contribution < -0.4 is 15.8 Å². The van der Waals surface area contributed by atoms with Gasteiger partial charge in [0.2, 0.25) is 5.88 Å². The molecule has 0 saturated heterocycles. The van der Waals surface area contributed by atoms with Crippen molar-refractivity contribution in [1.29, 1.82) is 0 Å². The van der Waals surface area contributed by atoms with Gasteiger partial charge in [0.15, 0.2) is 0 Å². The van der Waals surface area contributed by atoms with Crippen LogP contribution in [0.1, 0.15) is 75.0 Å². The number of pyridine rings is 3. The number of sulfone groups is 1. The van der Waals surface area contributed by atoms with Gasteiger partial charge in [0.1, 0.15) is 27.6 Å². The van der Waals surface area contributed by atoms with Gasteiger partial charge in [-0.25, -0.2) is 28.2 Å². The van der Waals surface area contributed by atoms with Crippen LogP contribution in [-0.4, -0.2) is 53.6 Å². The highest BCUT2D eigenvalue weighted by Crippen LogP contribution is 2.54. The summed E-state index contributed by atoms with van der Waals surface area (Å²) in [7, 11) is -3.10. The molecule has 208 valence electrons. The zero-order valence-corrected chi connectivity index (χ0v) is 23.8. The van der Waals surface area contributed by atoms with E-state index in [2.05, 4.69) is 15.3 Å². The zero-order chi connectivity index (χ0) is 28.2. The third-order valence-electron chi connectivity index (χ3n) is 7.99. The standard InChI is InChI=1S/C28H35N5O5S/c1-6-27(4,29)21-15-31-25(37-16(2)9-12-39(5,35)36)20-14-30-23(13-19(20)21)32-22-8-7-18-24(33-22)28(10-11-28)17(3)38-26(18)34/h7-8,13-17H,6,9-12,29H2,1-5H3,(H,30,32,33)/t16-,17+,27-/m1/s1. The van der Waals surface area contributed by atoms with Crippen LogP contribution in [-0.2, 0) is 25.5 Å². The fourth-order valence-corrected chi connectivity index (χ4v) is 5.82. The first-order valence-electron chi connectivity index (χ1n) is 13.2. The van der Waals surface area contributed by atoms with Gasteiger partial charge in [-0.2, -0.15) is 0 Å². The summed E-state index contributed by atoms with van der Waals surface area (Å²) in [6.45, 7) is 7.71. The molecule has 0 aromatic carbocycles. The molecule has 2 aliphatic rings. The minimum Gasteiger partial charge on any atom is -0.474 e. The Morgan fingerprint density at radius 2 is 1.97 bits per heavy atom. The number of fused-ring (bicyclic) bond motifs is 3. The molecule has 10 nitrogen and oxygen atoms in total. The molecular formula is C28H35N5O5S. The molecule has 1 saturated carbocycles. The van der Waals surface area contributed by atoms with Gasteiger partial charge in [0.05, 0.1) is 33.9 Å². The molecule has 1 aliphatic heterocycles. The summed E-state index contributed by atoms with van der Waals surface area (Å²) in [6, 6.07) is 5.40. The molecule has 3 N–H and O–H groups in total. The van der Waals surface area contributed by atoms with Crippen LogP contribution >= 0.6 is 0 Å². The average Bonchev–Trinajstić information content (AvgIpc) is 3.68. The second-order valence-electron chi connectivity index (χ2n) is 11.1. The molecule has 3 aromatic heterocycles. The molecular weight excluding hydrogens is 518 g/mol. The van der Waals surface area contributed by atoms with Gasteiger partial charge in [0.25, 0.3) is 0 Å². The lowest BCUT2D eigenvalue weighted by molar-refractivity contribution is 0.0183. The lowest BCUT2D eigenvalue weighted by atomic mass is 9.88. The van der Waals surface area contributed by atoms with Crippen molar-refractivity contribution >= 4 is 38.2 Å². The molecule has 39 heavy (non-hydrogen) atoms. The fourth-order valence-electron chi connectivity index (χ4n) is 5.06. The van der Waals surface area contributed by atoms with Crippen LogP contribution in [0.4, 0.5) is 11.6 Å². The number of ether oxygens (including phenoxy) is 2. The van der Waals surface area contributed by atoms with Crippen molar-refractivity contribution in [1.82, 2.24) is 15.0 Å². The quantitative estimate of drug-likeness (QED) is 0.371. The van der Waals surface area contributed by atoms with E-state index in [-0.39, 0.29) is 29.3 Å². The van der Waals surface area contributed by atoms with Gasteiger partial charge >= 0.3 is 5.97 Å². The van der Waals surface area contributed by atoms with Gasteiger partial charge in [-0.1, -0.05) is 6.92 Å². The zero-order valence-electron chi connectivity index (χ0n) is 22.9. The molecule has 0 bridgehead atoms. The van der Waals surface area contributed by atoms with Crippen LogP contribution in [0.25, 0.3) is 10.8 Å². The number of nitrogens with two attached hydrogens (primary N) is 1. The van der Waals surface area contributed by atoms with Crippen molar-refractivity contribution < 1.29 is 22.7 Å². The van der Waals surface area contributed by atoms with Crippen molar-refractivity contribution in [2.24, 2.45) is 5.73 Å². The number of anilines is 2. The predicted octanol–water partition coefficient (Wildman–Crippen LogP) is 4.14. The van der Waals surface area contributed by atoms with Crippen molar-refractivity contribution in [2.75, 3.05) is 17.3 Å². The summed E-state index contributed by atoms with van der Waals surface area (Å²) < 4.78 is 34.8. The molecule has 0 unspecified atom stereocenters. The fraction of sp³-hybridized carbons (Fsp3) is 0.500. The van der Waals surface area contributed by atoms with E-state index in [9.17, 15) is 13.2 Å². The molecule has 11 heteroatoms. The Kier molecular flexibility index (Phi) is 6.79. The van der Waals surface area contributed by atoms with E-state index in [1.807, 2.05) is 33.8 Å². The average molecular weight is 554 g/mol. The lowest BCUT2D eigenvalue weighted by Crippen LogP contribution is -2.36. The normalized spacial score (nSPS) is 20.2. The third-order valence-corrected chi connectivity index (χ3v) is 8.96. The second kappa shape index (κ2) is 9.71. The summed E-state index contributed by atoms with van der Waals surface area (Å²) in [5, 5.41) is 4.80. The van der Waals surface area contributed by atoms with Crippen molar-refractivity contribution in [3.63, 3.8) is 0 Å². The van der Waals surface area contributed by atoms with Crippen molar-refractivity contribution in [2.45, 2.75) is 76.5 Å². The summed E-state index contributed by atoms with van der Waals surface area (Å²) in [5.74, 6) is 1.20. The number of nitrogens with zero attached hydrogens (tertiary/aromatic N) is 3. The maximum atomic E-state index is 12.4. The predicted molar refractivity (Wildman–Crippen MR) is 149 cm³/mol. The summed E-state index contributed by atoms with van der Waals surface area (Å²) in [4.78, 5) is 26.4. The van der Waals surface area contributed by atoms with E-state index < -0.39 is 15.4 Å². The van der Waals surface area contributed by atoms with Gasteiger partial charge in [0, 0.05) is 24.2 Å². The number of aromatic nitrogens is 3. The minimum atomic E-state index is -3.10. The second-order valence-corrected chi connectivity index (χ2v) is 13.4. The first-order chi connectivity index (χ1) is 18.3. The summed E-state index contributed by atoms with van der Waals surface area (Å²) in [6.07, 6.45) is 6.94. The molecule has 1 fully saturated rings. The Labute approximate surface area is 228 Å². The van der Waals surface area contributed by atoms with Gasteiger partial charge in [-0.05, 0) is 75.6 Å². The van der Waals surface area contributed by atoms with Crippen LogP contribution in [0.5, 0.6) is 5.88 Å². The topological polar surface area (TPSA) is 146 Å². The smallest absolute Gasteiger partial charge is 0.340 e. The number of rotatable bonds is 9. The number of cyclic esters (lactones) is 1. The summed E-state index contributed by atoms with van der Waals surface area (Å²) >= 11 is 0. The first-order valence-corrected chi connectivity index (χ1v) is 15.3. The van der Waals surface area contributed by atoms with Crippen molar-refractivity contribution in [3.8, 4) is 5.88 Å². The number of nitrogens with one attached hydrogen (secondary N) is 1. The molecule has 4 heterocycles. The van der Waals surface area contributed by atoms with E-state index in [1.165, 1.54) is 6.26 Å². The minimum absolute atomic E-state index is 0.0266. The monoisotopic (exact) mass is 553 g/mol. The molecule has 0 amide bonds. The van der Waals surface area contributed by atoms with Gasteiger partial charge in [-0.3, -0.25) is 0 Å². The number of carbonyl (C=O) groups is 1. The Morgan fingerprint density at radius 1 is 1.23 bits per heavy atom. The van der Waals surface area contributed by atoms with Crippen LogP contribution in [0.15, 0.2) is 30.6 Å². The largest absolute Gasteiger partial charge is 0.474 e. The number of carbonyl (C=O) groups excluding carboxylic acids is 1. The van der Waals surface area contributed by atoms with E-state index in [1.54, 1.807) is 24.5 Å². The highest BCUT2D eigenvalue weighted by Gasteiger charge is 2.56. The Hall–Kier alpha value is -3.31. The Balaban J connectivity index is 1.49. The van der Waals surface area contributed by atoms with Crippen LogP contribution in [0.3, 0.4) is 0 Å². The third kappa shape index (κ3) is 5.29. The highest BCUT2D eigenvalue weighted by atomic mass is 32.2. The number of hydrogen-bond acceptors (Lipinski definition) is 10. The molecule has 3 atom stereocenters. The maximum absolute atomic E-state index is 12.4. The Bertz CT molecular complexity index is 1550. The highest BCUT2D eigenvalue weighted by molar-refractivity contribution is 7.90. The van der Waals surface area contributed by atoms with E-state index >= 15 is 0 Å². The SMILES string of the molecule is CC[C@@](C)(N)c1cnc(O[C@H](C)CCS(C)(=O)=O)c2cnc(Nc3ccc4c(n3)C3(CC3)[C@H](C)OC4=O)cc12. The molecule has 1 spiro atoms. The molecule has 1 aliphatic carbocycles. The van der Waals surface area contributed by atoms with E-state index in [0.29, 0.717) is 41.3 Å². The molecule has 5 rings (SSSR count).